The van der Waals surface area contributed by atoms with Crippen LogP contribution in [0.3, 0.4) is 0 Å². The molecule has 96 valence electrons. The quantitative estimate of drug-likeness (QED) is 0.836. The van der Waals surface area contributed by atoms with Crippen LogP contribution >= 0.6 is 0 Å². The first-order valence-electron chi connectivity index (χ1n) is 6.56. The topological polar surface area (TPSA) is 60.7 Å². The van der Waals surface area contributed by atoms with Crippen molar-refractivity contribution in [3.63, 3.8) is 0 Å². The summed E-state index contributed by atoms with van der Waals surface area (Å²) >= 11 is 0. The molecule has 4 nitrogen and oxygen atoms in total. The highest BCUT2D eigenvalue weighted by atomic mass is 15.0. The average Bonchev–Trinajstić information content (AvgIpc) is 2.57. The van der Waals surface area contributed by atoms with E-state index in [4.69, 9.17) is 0 Å². The van der Waals surface area contributed by atoms with Crippen molar-refractivity contribution in [1.82, 2.24) is 10.3 Å². The first-order chi connectivity index (χ1) is 8.70. The third-order valence-electron chi connectivity index (χ3n) is 3.35. The fraction of sp³-hybridized carbons (Fsp3) is 0.571. The van der Waals surface area contributed by atoms with E-state index in [-0.39, 0.29) is 0 Å². The van der Waals surface area contributed by atoms with Crippen molar-refractivity contribution >= 4 is 5.69 Å². The van der Waals surface area contributed by atoms with Gasteiger partial charge in [-0.1, -0.05) is 6.42 Å². The van der Waals surface area contributed by atoms with Crippen molar-refractivity contribution in [2.75, 3.05) is 18.4 Å². The molecule has 1 fully saturated rings. The predicted octanol–water partition coefficient (Wildman–Crippen LogP) is 2.12. The van der Waals surface area contributed by atoms with Gasteiger partial charge in [0.05, 0.1) is 16.9 Å². The van der Waals surface area contributed by atoms with E-state index < -0.39 is 0 Å². The first kappa shape index (κ1) is 12.8. The Balaban J connectivity index is 2.19. The van der Waals surface area contributed by atoms with E-state index >= 15 is 0 Å². The third kappa shape index (κ3) is 2.99. The van der Waals surface area contributed by atoms with Crippen LogP contribution in [-0.2, 0) is 0 Å². The van der Waals surface area contributed by atoms with Crippen LogP contribution < -0.4 is 10.6 Å². The lowest BCUT2D eigenvalue weighted by Gasteiger charge is -2.19. The SMILES string of the molecule is Cc1cc(NC2CCCCNC2)c(C#N)c(C)n1. The van der Waals surface area contributed by atoms with Gasteiger partial charge in [-0.2, -0.15) is 5.26 Å². The fourth-order valence-electron chi connectivity index (χ4n) is 2.45. The van der Waals surface area contributed by atoms with E-state index in [2.05, 4.69) is 21.7 Å². The van der Waals surface area contributed by atoms with Crippen LogP contribution in [0, 0.1) is 25.2 Å². The van der Waals surface area contributed by atoms with Crippen LogP contribution in [0.25, 0.3) is 0 Å². The van der Waals surface area contributed by atoms with E-state index in [9.17, 15) is 5.26 Å². The molecule has 1 atom stereocenters. The number of nitrogens with one attached hydrogen (secondary N) is 2. The van der Waals surface area contributed by atoms with Gasteiger partial charge in [-0.25, -0.2) is 0 Å². The maximum absolute atomic E-state index is 9.23. The summed E-state index contributed by atoms with van der Waals surface area (Å²) in [6.07, 6.45) is 3.62. The minimum atomic E-state index is 0.404. The molecular formula is C14H20N4. The second-order valence-electron chi connectivity index (χ2n) is 4.92. The minimum absolute atomic E-state index is 0.404. The first-order valence-corrected chi connectivity index (χ1v) is 6.56. The summed E-state index contributed by atoms with van der Waals surface area (Å²) in [5.74, 6) is 0. The predicted molar refractivity (Wildman–Crippen MR) is 72.6 cm³/mol. The summed E-state index contributed by atoms with van der Waals surface area (Å²) in [7, 11) is 0. The lowest BCUT2D eigenvalue weighted by atomic mass is 10.1. The summed E-state index contributed by atoms with van der Waals surface area (Å²) in [4.78, 5) is 4.34. The van der Waals surface area contributed by atoms with Gasteiger partial charge < -0.3 is 10.6 Å². The largest absolute Gasteiger partial charge is 0.380 e. The van der Waals surface area contributed by atoms with Crippen LogP contribution in [-0.4, -0.2) is 24.1 Å². The van der Waals surface area contributed by atoms with E-state index in [1.54, 1.807) is 0 Å². The number of anilines is 1. The summed E-state index contributed by atoms with van der Waals surface area (Å²) < 4.78 is 0. The molecule has 4 heteroatoms. The Morgan fingerprint density at radius 3 is 3.06 bits per heavy atom. The molecule has 2 N–H and O–H groups in total. The number of pyridine rings is 1. The molecule has 18 heavy (non-hydrogen) atoms. The van der Waals surface area contributed by atoms with Gasteiger partial charge in [0.1, 0.15) is 6.07 Å². The number of aromatic nitrogens is 1. The maximum Gasteiger partial charge on any atom is 0.103 e. The molecule has 1 saturated heterocycles. The lowest BCUT2D eigenvalue weighted by molar-refractivity contribution is 0.635. The summed E-state index contributed by atoms with van der Waals surface area (Å²) in [5, 5.41) is 16.1. The third-order valence-corrected chi connectivity index (χ3v) is 3.35. The lowest BCUT2D eigenvalue weighted by Crippen LogP contribution is -2.31. The van der Waals surface area contributed by atoms with Gasteiger partial charge in [-0.05, 0) is 39.3 Å². The Kier molecular flexibility index (Phi) is 4.16. The Labute approximate surface area is 108 Å². The molecule has 0 bridgehead atoms. The monoisotopic (exact) mass is 244 g/mol. The molecule has 1 aromatic heterocycles. The molecule has 1 aromatic rings. The van der Waals surface area contributed by atoms with E-state index in [0.717, 1.165) is 36.6 Å². The van der Waals surface area contributed by atoms with Gasteiger partial charge in [0.15, 0.2) is 0 Å². The molecule has 0 aliphatic carbocycles. The van der Waals surface area contributed by atoms with E-state index in [1.807, 2.05) is 19.9 Å². The van der Waals surface area contributed by atoms with E-state index in [0.29, 0.717) is 11.6 Å². The van der Waals surface area contributed by atoms with Gasteiger partial charge in [0, 0.05) is 18.3 Å². The molecule has 1 aliphatic rings. The molecule has 1 unspecified atom stereocenters. The van der Waals surface area contributed by atoms with Gasteiger partial charge in [-0.15, -0.1) is 0 Å². The molecule has 0 spiro atoms. The maximum atomic E-state index is 9.23. The fourth-order valence-corrected chi connectivity index (χ4v) is 2.45. The number of aryl methyl sites for hydroxylation is 2. The van der Waals surface area contributed by atoms with Crippen molar-refractivity contribution in [2.45, 2.75) is 39.2 Å². The molecule has 0 radical (unpaired) electrons. The summed E-state index contributed by atoms with van der Waals surface area (Å²) in [6.45, 7) is 5.91. The van der Waals surface area contributed by atoms with Gasteiger partial charge in [0.25, 0.3) is 0 Å². The second-order valence-corrected chi connectivity index (χ2v) is 4.92. The highest BCUT2D eigenvalue weighted by Gasteiger charge is 2.15. The molecule has 0 aromatic carbocycles. The van der Waals surface area contributed by atoms with Gasteiger partial charge in [0.2, 0.25) is 0 Å². The zero-order valence-electron chi connectivity index (χ0n) is 11.1. The molecular weight excluding hydrogens is 224 g/mol. The van der Waals surface area contributed by atoms with Gasteiger partial charge >= 0.3 is 0 Å². The zero-order valence-corrected chi connectivity index (χ0v) is 11.1. The van der Waals surface area contributed by atoms with Gasteiger partial charge in [-0.3, -0.25) is 4.98 Å². The molecule has 2 rings (SSSR count). The number of rotatable bonds is 2. The molecule has 0 amide bonds. The molecule has 1 aliphatic heterocycles. The zero-order chi connectivity index (χ0) is 13.0. The Morgan fingerprint density at radius 1 is 1.44 bits per heavy atom. The van der Waals surface area contributed by atoms with E-state index in [1.165, 1.54) is 12.8 Å². The van der Waals surface area contributed by atoms with Crippen molar-refractivity contribution in [1.29, 1.82) is 5.26 Å². The molecule has 0 saturated carbocycles. The number of hydrogen-bond donors (Lipinski definition) is 2. The number of hydrogen-bond acceptors (Lipinski definition) is 4. The standard InChI is InChI=1S/C14H20N4/c1-10-7-14(13(8-15)11(2)17-10)18-12-5-3-4-6-16-9-12/h7,12,16H,3-6,9H2,1-2H3,(H,17,18). The second kappa shape index (κ2) is 5.83. The number of nitrogens with zero attached hydrogens (tertiary/aromatic N) is 2. The van der Waals surface area contributed by atoms with Crippen LogP contribution in [0.2, 0.25) is 0 Å². The van der Waals surface area contributed by atoms with Crippen LogP contribution in [0.4, 0.5) is 5.69 Å². The number of nitriles is 1. The summed E-state index contributed by atoms with van der Waals surface area (Å²) in [5.41, 5.74) is 3.36. The van der Waals surface area contributed by atoms with Crippen molar-refractivity contribution in [2.24, 2.45) is 0 Å². The van der Waals surface area contributed by atoms with Crippen molar-refractivity contribution in [3.8, 4) is 6.07 Å². The van der Waals surface area contributed by atoms with Crippen molar-refractivity contribution < 1.29 is 0 Å². The Bertz CT molecular complexity index is 454. The van der Waals surface area contributed by atoms with Crippen LogP contribution in [0.1, 0.15) is 36.2 Å². The highest BCUT2D eigenvalue weighted by Crippen LogP contribution is 2.21. The van der Waals surface area contributed by atoms with Crippen LogP contribution in [0.5, 0.6) is 0 Å². The van der Waals surface area contributed by atoms with Crippen molar-refractivity contribution in [3.05, 3.63) is 23.0 Å². The molecule has 2 heterocycles. The normalized spacial score (nSPS) is 19.9. The highest BCUT2D eigenvalue weighted by molar-refractivity contribution is 5.60. The Morgan fingerprint density at radius 2 is 2.28 bits per heavy atom. The average molecular weight is 244 g/mol. The summed E-state index contributed by atoms with van der Waals surface area (Å²) in [6, 6.07) is 4.62. The smallest absolute Gasteiger partial charge is 0.103 e. The van der Waals surface area contributed by atoms with Crippen LogP contribution in [0.15, 0.2) is 6.07 Å². The minimum Gasteiger partial charge on any atom is -0.380 e. The Hall–Kier alpha value is -1.60.